The monoisotopic (exact) mass is 686 g/mol. The first-order chi connectivity index (χ1) is 24.1. The molecule has 20 nitrogen and oxygen atoms in total. The number of hydrogen-bond donors (Lipinski definition) is 2. The average molecular weight is 687 g/mol. The molecule has 0 unspecified atom stereocenters. The number of anilines is 2. The van der Waals surface area contributed by atoms with Crippen LogP contribution in [0.15, 0.2) is 45.2 Å². The zero-order valence-electron chi connectivity index (χ0n) is 28.6. The SMILES string of the molecule is CCCCc1nn(-c2cc(-n3nc(CCCC)c(/N=N/c4c(C(=O)OC)cnn4C)c3N)ncn2)c(N)c1/N=N/c1c(C(=O)OC)cnn1C. The van der Waals surface area contributed by atoms with Crippen molar-refractivity contribution in [1.29, 1.82) is 0 Å². The molecule has 50 heavy (non-hydrogen) atoms. The number of carbonyl (C=O) groups is 2. The number of ether oxygens (including phenoxy) is 2. The molecule has 5 heterocycles. The van der Waals surface area contributed by atoms with Gasteiger partial charge in [0.1, 0.15) is 17.5 Å². The maximum Gasteiger partial charge on any atom is 0.343 e. The normalized spacial score (nSPS) is 11.6. The Bertz CT molecular complexity index is 1930. The molecule has 20 heteroatoms. The van der Waals surface area contributed by atoms with Crippen molar-refractivity contribution in [3.8, 4) is 11.6 Å². The molecule has 0 saturated heterocycles. The number of aryl methyl sites for hydroxylation is 4. The Labute approximate surface area is 286 Å². The van der Waals surface area contributed by atoms with Crippen LogP contribution in [0.4, 0.5) is 34.6 Å². The molecule has 4 N–H and O–H groups in total. The Morgan fingerprint density at radius 1 is 0.720 bits per heavy atom. The van der Waals surface area contributed by atoms with E-state index < -0.39 is 11.9 Å². The number of esters is 2. The molecule has 0 aliphatic carbocycles. The van der Waals surface area contributed by atoms with Crippen LogP contribution >= 0.6 is 0 Å². The Hall–Kier alpha value is -6.34. The van der Waals surface area contributed by atoms with Crippen molar-refractivity contribution in [1.82, 2.24) is 49.1 Å². The van der Waals surface area contributed by atoms with Crippen LogP contribution in [-0.4, -0.2) is 75.2 Å². The lowest BCUT2D eigenvalue weighted by molar-refractivity contribution is 0.0592. The van der Waals surface area contributed by atoms with Gasteiger partial charge in [-0.25, -0.2) is 28.9 Å². The Balaban J connectivity index is 1.55. The summed E-state index contributed by atoms with van der Waals surface area (Å²) in [5.41, 5.74) is 15.3. The first kappa shape index (κ1) is 35.0. The highest BCUT2D eigenvalue weighted by molar-refractivity contribution is 5.94. The van der Waals surface area contributed by atoms with Crippen LogP contribution in [0.2, 0.25) is 0 Å². The van der Waals surface area contributed by atoms with Crippen LogP contribution in [0.5, 0.6) is 0 Å². The number of unbranched alkanes of at least 4 members (excludes halogenated alkanes) is 2. The van der Waals surface area contributed by atoms with Gasteiger partial charge >= 0.3 is 11.9 Å². The van der Waals surface area contributed by atoms with Gasteiger partial charge in [0.25, 0.3) is 0 Å². The van der Waals surface area contributed by atoms with Gasteiger partial charge in [0.2, 0.25) is 0 Å². The van der Waals surface area contributed by atoms with Crippen molar-refractivity contribution in [2.75, 3.05) is 25.7 Å². The van der Waals surface area contributed by atoms with E-state index in [9.17, 15) is 9.59 Å². The fraction of sp³-hybridized carbons (Fsp3) is 0.400. The molecule has 0 bridgehead atoms. The Kier molecular flexibility index (Phi) is 10.7. The first-order valence-electron chi connectivity index (χ1n) is 15.7. The lowest BCUT2D eigenvalue weighted by Crippen LogP contribution is -2.09. The maximum absolute atomic E-state index is 12.2. The summed E-state index contributed by atoms with van der Waals surface area (Å²) in [6.07, 6.45) is 8.60. The van der Waals surface area contributed by atoms with Crippen LogP contribution < -0.4 is 11.5 Å². The summed E-state index contributed by atoms with van der Waals surface area (Å²) in [6.45, 7) is 4.12. The number of nitrogen functional groups attached to an aromatic ring is 2. The van der Waals surface area contributed by atoms with Gasteiger partial charge in [-0.1, -0.05) is 26.7 Å². The number of methoxy groups -OCH3 is 2. The molecule has 5 aromatic heterocycles. The van der Waals surface area contributed by atoms with Crippen LogP contribution in [0.3, 0.4) is 0 Å². The minimum absolute atomic E-state index is 0.151. The second kappa shape index (κ2) is 15.3. The molecule has 0 amide bonds. The number of azo groups is 2. The topological polar surface area (TPSA) is 251 Å². The predicted molar refractivity (Wildman–Crippen MR) is 180 cm³/mol. The number of rotatable bonds is 14. The van der Waals surface area contributed by atoms with Crippen molar-refractivity contribution < 1.29 is 19.1 Å². The second-order valence-corrected chi connectivity index (χ2v) is 11.0. The lowest BCUT2D eigenvalue weighted by Gasteiger charge is -2.06. The summed E-state index contributed by atoms with van der Waals surface area (Å²) >= 11 is 0. The van der Waals surface area contributed by atoms with E-state index in [1.807, 2.05) is 0 Å². The summed E-state index contributed by atoms with van der Waals surface area (Å²) in [5, 5.41) is 35.0. The quantitative estimate of drug-likeness (QED) is 0.120. The molecule has 5 aromatic rings. The van der Waals surface area contributed by atoms with Crippen LogP contribution in [0, 0.1) is 0 Å². The summed E-state index contributed by atoms with van der Waals surface area (Å²) in [6, 6.07) is 1.62. The molecular weight excluding hydrogens is 648 g/mol. The van der Waals surface area contributed by atoms with Crippen molar-refractivity contribution in [2.45, 2.75) is 52.4 Å². The maximum atomic E-state index is 12.2. The summed E-state index contributed by atoms with van der Waals surface area (Å²) in [7, 11) is 5.81. The van der Waals surface area contributed by atoms with E-state index in [1.165, 1.54) is 51.7 Å². The molecule has 0 aliphatic rings. The minimum Gasteiger partial charge on any atom is -0.465 e. The third-order valence-corrected chi connectivity index (χ3v) is 7.65. The molecule has 0 aromatic carbocycles. The molecule has 0 saturated carbocycles. The van der Waals surface area contributed by atoms with E-state index in [-0.39, 0.29) is 34.4 Å². The Morgan fingerprint density at radius 3 is 1.52 bits per heavy atom. The zero-order valence-corrected chi connectivity index (χ0v) is 28.6. The smallest absolute Gasteiger partial charge is 0.343 e. The summed E-state index contributed by atoms with van der Waals surface area (Å²) < 4.78 is 15.4. The minimum atomic E-state index is -0.598. The van der Waals surface area contributed by atoms with Crippen LogP contribution in [-0.2, 0) is 36.4 Å². The van der Waals surface area contributed by atoms with Crippen LogP contribution in [0.1, 0.15) is 71.6 Å². The van der Waals surface area contributed by atoms with Crippen LogP contribution in [0.25, 0.3) is 11.6 Å². The Morgan fingerprint density at radius 2 is 1.14 bits per heavy atom. The van der Waals surface area contributed by atoms with Gasteiger partial charge in [-0.3, -0.25) is 0 Å². The molecule has 5 rings (SSSR count). The fourth-order valence-electron chi connectivity index (χ4n) is 4.90. The van der Waals surface area contributed by atoms with Gasteiger partial charge in [0, 0.05) is 20.2 Å². The molecule has 0 radical (unpaired) electrons. The highest BCUT2D eigenvalue weighted by Gasteiger charge is 2.23. The fourth-order valence-corrected chi connectivity index (χ4v) is 4.90. The van der Waals surface area contributed by atoms with E-state index in [2.05, 4.69) is 54.5 Å². The first-order valence-corrected chi connectivity index (χ1v) is 15.7. The van der Waals surface area contributed by atoms with Gasteiger partial charge in [0.05, 0.1) is 38.0 Å². The number of nitrogens with two attached hydrogens (primary N) is 2. The predicted octanol–water partition coefficient (Wildman–Crippen LogP) is 4.57. The van der Waals surface area contributed by atoms with Gasteiger partial charge in [-0.2, -0.15) is 29.8 Å². The summed E-state index contributed by atoms with van der Waals surface area (Å²) in [4.78, 5) is 33.3. The molecule has 0 spiro atoms. The van der Waals surface area contributed by atoms with E-state index in [0.717, 1.165) is 25.7 Å². The number of carbonyl (C=O) groups excluding carboxylic acids is 2. The van der Waals surface area contributed by atoms with Gasteiger partial charge < -0.3 is 20.9 Å². The highest BCUT2D eigenvalue weighted by atomic mass is 16.5. The second-order valence-electron chi connectivity index (χ2n) is 11.0. The molecular formula is C30H38N16O4. The standard InChI is InChI=1S/C30H38N16O4/c1-7-9-11-19-23(37-39-27-17(29(47)49-5)14-35-43(27)3)25(31)45(41-19)21-13-22(34-16-33-21)46-26(32)24(20(42-46)12-10-8-2)38-40-28-18(30(48)50-6)15-36-44(28)4/h13-16H,7-12,31-32H2,1-6H3/b39-37+,40-38+. The van der Waals surface area contributed by atoms with E-state index >= 15 is 0 Å². The van der Waals surface area contributed by atoms with Crippen molar-refractivity contribution in [3.05, 3.63) is 47.3 Å². The van der Waals surface area contributed by atoms with E-state index in [4.69, 9.17) is 31.1 Å². The van der Waals surface area contributed by atoms with Gasteiger partial charge in [-0.05, 0) is 25.7 Å². The number of hydrogen-bond acceptors (Lipinski definition) is 16. The van der Waals surface area contributed by atoms with Crippen molar-refractivity contribution >= 4 is 46.6 Å². The molecule has 262 valence electrons. The third kappa shape index (κ3) is 6.93. The largest absolute Gasteiger partial charge is 0.465 e. The van der Waals surface area contributed by atoms with Crippen molar-refractivity contribution in [3.63, 3.8) is 0 Å². The molecule has 0 aliphatic heterocycles. The third-order valence-electron chi connectivity index (χ3n) is 7.65. The average Bonchev–Trinajstić information content (AvgIpc) is 3.86. The number of aromatic nitrogens is 10. The highest BCUT2D eigenvalue weighted by Crippen LogP contribution is 2.35. The van der Waals surface area contributed by atoms with Crippen molar-refractivity contribution in [2.24, 2.45) is 34.6 Å². The summed E-state index contributed by atoms with van der Waals surface area (Å²) in [5.74, 6) is 0.145. The molecule has 0 fully saturated rings. The van der Waals surface area contributed by atoms with Gasteiger partial charge in [-0.15, -0.1) is 20.5 Å². The zero-order chi connectivity index (χ0) is 35.9. The molecule has 0 atom stereocenters. The van der Waals surface area contributed by atoms with E-state index in [1.54, 1.807) is 20.2 Å². The lowest BCUT2D eigenvalue weighted by atomic mass is 10.2. The number of nitrogens with zero attached hydrogens (tertiary/aromatic N) is 14. The van der Waals surface area contributed by atoms with Gasteiger partial charge in [0.15, 0.2) is 46.3 Å². The van der Waals surface area contributed by atoms with E-state index in [0.29, 0.717) is 47.2 Å².